The van der Waals surface area contributed by atoms with Crippen molar-refractivity contribution in [3.05, 3.63) is 29.6 Å². The molecule has 0 aliphatic rings. The van der Waals surface area contributed by atoms with Gasteiger partial charge < -0.3 is 10.2 Å². The molecule has 8 heteroatoms. The first kappa shape index (κ1) is 13.9. The molecule has 0 bridgehead atoms. The number of anilines is 3. The summed E-state index contributed by atoms with van der Waals surface area (Å²) in [6.45, 7) is 2.48. The number of hydrazine groups is 1. The highest BCUT2D eigenvalue weighted by atomic mass is 15.4. The summed E-state index contributed by atoms with van der Waals surface area (Å²) >= 11 is 0. The van der Waals surface area contributed by atoms with Gasteiger partial charge in [-0.25, -0.2) is 5.84 Å². The molecule has 0 aliphatic carbocycles. The van der Waals surface area contributed by atoms with Crippen LogP contribution in [0.25, 0.3) is 0 Å². The standard InChI is InChI=1S/C12H18N8/c1-8-5-4-6-9(15-8)7-14-10-16-11(19-13)18-12(17-10)20(2)3/h4-6H,7,13H2,1-3H3,(H2,14,16,17,18,19). The fraction of sp³-hybridized carbons (Fsp3) is 0.333. The van der Waals surface area contributed by atoms with Gasteiger partial charge in [0.25, 0.3) is 0 Å². The molecule has 0 amide bonds. The summed E-state index contributed by atoms with van der Waals surface area (Å²) in [5, 5.41) is 3.11. The number of aryl methyl sites for hydroxylation is 1. The Balaban J connectivity index is 2.14. The topological polar surface area (TPSA) is 105 Å². The molecule has 2 aromatic rings. The first-order valence-corrected chi connectivity index (χ1v) is 6.15. The second-order valence-corrected chi connectivity index (χ2v) is 4.45. The summed E-state index contributed by atoms with van der Waals surface area (Å²) in [6.07, 6.45) is 0. The molecule has 106 valence electrons. The van der Waals surface area contributed by atoms with E-state index >= 15 is 0 Å². The van der Waals surface area contributed by atoms with Crippen molar-refractivity contribution in [1.29, 1.82) is 0 Å². The molecule has 0 saturated heterocycles. The second kappa shape index (κ2) is 6.11. The van der Waals surface area contributed by atoms with Crippen molar-refractivity contribution in [2.45, 2.75) is 13.5 Å². The number of aromatic nitrogens is 4. The van der Waals surface area contributed by atoms with Crippen LogP contribution in [0, 0.1) is 6.92 Å². The van der Waals surface area contributed by atoms with Crippen molar-refractivity contribution in [2.75, 3.05) is 29.7 Å². The summed E-state index contributed by atoms with van der Waals surface area (Å²) in [5.74, 6) is 6.63. The van der Waals surface area contributed by atoms with Gasteiger partial charge in [0.05, 0.1) is 12.2 Å². The average molecular weight is 274 g/mol. The molecule has 0 atom stereocenters. The predicted molar refractivity (Wildman–Crippen MR) is 78.3 cm³/mol. The number of hydrogen-bond donors (Lipinski definition) is 3. The van der Waals surface area contributed by atoms with E-state index in [0.717, 1.165) is 11.4 Å². The zero-order valence-corrected chi connectivity index (χ0v) is 11.8. The SMILES string of the molecule is Cc1cccc(CNc2nc(NN)nc(N(C)C)n2)n1. The van der Waals surface area contributed by atoms with Crippen LogP contribution in [-0.4, -0.2) is 34.0 Å². The summed E-state index contributed by atoms with van der Waals surface area (Å²) in [4.78, 5) is 18.7. The Morgan fingerprint density at radius 1 is 1.10 bits per heavy atom. The molecule has 0 saturated carbocycles. The van der Waals surface area contributed by atoms with Crippen molar-refractivity contribution in [3.63, 3.8) is 0 Å². The van der Waals surface area contributed by atoms with E-state index in [4.69, 9.17) is 5.84 Å². The van der Waals surface area contributed by atoms with Crippen molar-refractivity contribution < 1.29 is 0 Å². The van der Waals surface area contributed by atoms with Crippen LogP contribution in [0.2, 0.25) is 0 Å². The van der Waals surface area contributed by atoms with E-state index in [1.807, 2.05) is 39.2 Å². The fourth-order valence-electron chi connectivity index (χ4n) is 1.58. The van der Waals surface area contributed by atoms with Gasteiger partial charge in [0.15, 0.2) is 0 Å². The third kappa shape index (κ3) is 3.51. The van der Waals surface area contributed by atoms with E-state index in [2.05, 4.69) is 30.7 Å². The minimum atomic E-state index is 0.309. The van der Waals surface area contributed by atoms with Crippen LogP contribution < -0.4 is 21.5 Å². The largest absolute Gasteiger partial charge is 0.348 e. The predicted octanol–water partition coefficient (Wildman–Crippen LogP) is 0.539. The summed E-state index contributed by atoms with van der Waals surface area (Å²) < 4.78 is 0. The van der Waals surface area contributed by atoms with Crippen molar-refractivity contribution in [1.82, 2.24) is 19.9 Å². The van der Waals surface area contributed by atoms with Gasteiger partial charge >= 0.3 is 0 Å². The lowest BCUT2D eigenvalue weighted by atomic mass is 10.3. The molecule has 0 spiro atoms. The van der Waals surface area contributed by atoms with Gasteiger partial charge in [0.1, 0.15) is 0 Å². The zero-order valence-electron chi connectivity index (χ0n) is 11.8. The normalized spacial score (nSPS) is 10.2. The molecule has 0 unspecified atom stereocenters. The maximum absolute atomic E-state index is 5.35. The molecule has 2 heterocycles. The van der Waals surface area contributed by atoms with Crippen molar-refractivity contribution >= 4 is 17.8 Å². The number of hydrogen-bond acceptors (Lipinski definition) is 8. The Hall–Kier alpha value is -2.48. The van der Waals surface area contributed by atoms with Crippen LogP contribution in [0.15, 0.2) is 18.2 Å². The van der Waals surface area contributed by atoms with Gasteiger partial charge in [0.2, 0.25) is 17.8 Å². The van der Waals surface area contributed by atoms with Crippen LogP contribution in [0.1, 0.15) is 11.4 Å². The number of nitrogen functional groups attached to an aromatic ring is 1. The van der Waals surface area contributed by atoms with Gasteiger partial charge in [-0.05, 0) is 19.1 Å². The lowest BCUT2D eigenvalue weighted by molar-refractivity contribution is 0.927. The van der Waals surface area contributed by atoms with Crippen molar-refractivity contribution in [2.24, 2.45) is 5.84 Å². The smallest absolute Gasteiger partial charge is 0.243 e. The van der Waals surface area contributed by atoms with E-state index in [0.29, 0.717) is 24.4 Å². The van der Waals surface area contributed by atoms with E-state index < -0.39 is 0 Å². The van der Waals surface area contributed by atoms with Crippen LogP contribution in [-0.2, 0) is 6.54 Å². The van der Waals surface area contributed by atoms with Crippen LogP contribution >= 0.6 is 0 Å². The minimum absolute atomic E-state index is 0.309. The first-order valence-electron chi connectivity index (χ1n) is 6.15. The van der Waals surface area contributed by atoms with E-state index in [-0.39, 0.29) is 0 Å². The molecule has 0 aromatic carbocycles. The maximum Gasteiger partial charge on any atom is 0.243 e. The van der Waals surface area contributed by atoms with Crippen molar-refractivity contribution in [3.8, 4) is 0 Å². The fourth-order valence-corrected chi connectivity index (χ4v) is 1.58. The monoisotopic (exact) mass is 274 g/mol. The summed E-state index contributed by atoms with van der Waals surface area (Å²) in [6, 6.07) is 5.86. The molecule has 2 aromatic heterocycles. The molecule has 20 heavy (non-hydrogen) atoms. The molecule has 0 radical (unpaired) electrons. The number of nitrogens with one attached hydrogen (secondary N) is 2. The van der Waals surface area contributed by atoms with Gasteiger partial charge in [-0.2, -0.15) is 15.0 Å². The average Bonchev–Trinajstić information content (AvgIpc) is 2.45. The summed E-state index contributed by atoms with van der Waals surface area (Å²) in [7, 11) is 3.70. The second-order valence-electron chi connectivity index (χ2n) is 4.45. The molecular formula is C12H18N8. The highest BCUT2D eigenvalue weighted by Gasteiger charge is 2.07. The Kier molecular flexibility index (Phi) is 4.26. The summed E-state index contributed by atoms with van der Waals surface area (Å²) in [5.41, 5.74) is 4.31. The lowest BCUT2D eigenvalue weighted by Gasteiger charge is -2.13. The number of pyridine rings is 1. The van der Waals surface area contributed by atoms with E-state index in [9.17, 15) is 0 Å². The quantitative estimate of drug-likeness (QED) is 0.536. The van der Waals surface area contributed by atoms with Gasteiger partial charge in [0, 0.05) is 19.8 Å². The molecular weight excluding hydrogens is 256 g/mol. The Labute approximate surface area is 117 Å². The molecule has 0 aliphatic heterocycles. The zero-order chi connectivity index (χ0) is 14.5. The Morgan fingerprint density at radius 2 is 1.85 bits per heavy atom. The third-order valence-electron chi connectivity index (χ3n) is 2.53. The van der Waals surface area contributed by atoms with Gasteiger partial charge in [-0.1, -0.05) is 6.07 Å². The minimum Gasteiger partial charge on any atom is -0.348 e. The van der Waals surface area contributed by atoms with Gasteiger partial charge in [-0.3, -0.25) is 10.4 Å². The van der Waals surface area contributed by atoms with Crippen LogP contribution in [0.3, 0.4) is 0 Å². The molecule has 4 N–H and O–H groups in total. The van der Waals surface area contributed by atoms with Crippen LogP contribution in [0.4, 0.5) is 17.8 Å². The third-order valence-corrected chi connectivity index (χ3v) is 2.53. The maximum atomic E-state index is 5.35. The highest BCUT2D eigenvalue weighted by molar-refractivity contribution is 5.42. The Bertz CT molecular complexity index is 583. The molecule has 2 rings (SSSR count). The number of rotatable bonds is 5. The molecule has 0 fully saturated rings. The highest BCUT2D eigenvalue weighted by Crippen LogP contribution is 2.11. The molecule has 8 nitrogen and oxygen atoms in total. The Morgan fingerprint density at radius 3 is 2.50 bits per heavy atom. The number of nitrogens with zero attached hydrogens (tertiary/aromatic N) is 5. The van der Waals surface area contributed by atoms with Gasteiger partial charge in [-0.15, -0.1) is 0 Å². The van der Waals surface area contributed by atoms with E-state index in [1.165, 1.54) is 0 Å². The first-order chi connectivity index (χ1) is 9.58. The van der Waals surface area contributed by atoms with Crippen LogP contribution in [0.5, 0.6) is 0 Å². The number of nitrogens with two attached hydrogens (primary N) is 1. The lowest BCUT2D eigenvalue weighted by Crippen LogP contribution is -2.19. The van der Waals surface area contributed by atoms with E-state index in [1.54, 1.807) is 4.90 Å².